The second-order valence-electron chi connectivity index (χ2n) is 7.44. The van der Waals surface area contributed by atoms with Crippen LogP contribution in [0.4, 0.5) is 0 Å². The van der Waals surface area contributed by atoms with Crippen molar-refractivity contribution in [3.63, 3.8) is 0 Å². The fourth-order valence-corrected chi connectivity index (χ4v) is 3.71. The highest BCUT2D eigenvalue weighted by Crippen LogP contribution is 2.28. The zero-order valence-electron chi connectivity index (χ0n) is 14.9. The molecular formula is C18H27N3O2S. The van der Waals surface area contributed by atoms with Crippen molar-refractivity contribution in [2.24, 2.45) is 0 Å². The molecule has 0 aliphatic carbocycles. The van der Waals surface area contributed by atoms with E-state index in [4.69, 9.17) is 4.74 Å². The predicted molar refractivity (Wildman–Crippen MR) is 98.0 cm³/mol. The number of benzene rings is 1. The SMILES string of the molecule is C[C@H](NS(=O)C(C)(C)C)c1ccc2c(c1)ncn2[C@@H]1CCCCO1. The normalized spacial score (nSPS) is 21.8. The van der Waals surface area contributed by atoms with Gasteiger partial charge in [0.2, 0.25) is 0 Å². The molecule has 0 saturated carbocycles. The molecule has 1 fully saturated rings. The Labute approximate surface area is 146 Å². The number of nitrogens with zero attached hydrogens (tertiary/aromatic N) is 2. The molecule has 1 aromatic carbocycles. The second-order valence-corrected chi connectivity index (χ2v) is 9.44. The van der Waals surface area contributed by atoms with Gasteiger partial charge in [-0.05, 0) is 64.7 Å². The van der Waals surface area contributed by atoms with Crippen molar-refractivity contribution in [2.75, 3.05) is 6.61 Å². The Hall–Kier alpha value is -1.24. The number of rotatable bonds is 4. The quantitative estimate of drug-likeness (QED) is 0.912. The lowest BCUT2D eigenvalue weighted by Crippen LogP contribution is -2.34. The summed E-state index contributed by atoms with van der Waals surface area (Å²) in [7, 11) is -1.10. The van der Waals surface area contributed by atoms with E-state index in [0.717, 1.165) is 36.0 Å². The number of aromatic nitrogens is 2. The van der Waals surface area contributed by atoms with E-state index >= 15 is 0 Å². The first kappa shape index (κ1) is 17.6. The molecule has 5 nitrogen and oxygen atoms in total. The molecule has 24 heavy (non-hydrogen) atoms. The first-order chi connectivity index (χ1) is 11.4. The Morgan fingerprint density at radius 3 is 2.83 bits per heavy atom. The fourth-order valence-electron chi connectivity index (χ4n) is 2.90. The number of imidazole rings is 1. The number of hydrogen-bond acceptors (Lipinski definition) is 3. The van der Waals surface area contributed by atoms with Gasteiger partial charge in [-0.15, -0.1) is 0 Å². The van der Waals surface area contributed by atoms with Gasteiger partial charge in [-0.25, -0.2) is 13.9 Å². The molecule has 132 valence electrons. The van der Waals surface area contributed by atoms with E-state index in [2.05, 4.69) is 32.5 Å². The van der Waals surface area contributed by atoms with Gasteiger partial charge in [-0.1, -0.05) is 6.07 Å². The van der Waals surface area contributed by atoms with Crippen molar-refractivity contribution in [3.05, 3.63) is 30.1 Å². The zero-order chi connectivity index (χ0) is 17.3. The van der Waals surface area contributed by atoms with E-state index in [0.29, 0.717) is 0 Å². The molecule has 0 radical (unpaired) electrons. The number of fused-ring (bicyclic) bond motifs is 1. The Balaban J connectivity index is 1.80. The smallest absolute Gasteiger partial charge is 0.135 e. The van der Waals surface area contributed by atoms with Gasteiger partial charge in [0.05, 0.1) is 33.1 Å². The van der Waals surface area contributed by atoms with Crippen LogP contribution < -0.4 is 4.72 Å². The Kier molecular flexibility index (Phi) is 5.08. The summed E-state index contributed by atoms with van der Waals surface area (Å²) in [5, 5.41) is 0. The summed E-state index contributed by atoms with van der Waals surface area (Å²) in [6.07, 6.45) is 5.34. The fraction of sp³-hybridized carbons (Fsp3) is 0.611. The van der Waals surface area contributed by atoms with Crippen LogP contribution in [0.15, 0.2) is 24.5 Å². The van der Waals surface area contributed by atoms with Gasteiger partial charge in [0.1, 0.15) is 6.23 Å². The van der Waals surface area contributed by atoms with Crippen LogP contribution in [0, 0.1) is 0 Å². The van der Waals surface area contributed by atoms with Crippen LogP contribution in [0.2, 0.25) is 0 Å². The largest absolute Gasteiger partial charge is 0.358 e. The van der Waals surface area contributed by atoms with Gasteiger partial charge in [0.25, 0.3) is 0 Å². The maximum atomic E-state index is 12.3. The van der Waals surface area contributed by atoms with Gasteiger partial charge >= 0.3 is 0 Å². The highest BCUT2D eigenvalue weighted by atomic mass is 32.2. The molecule has 6 heteroatoms. The molecule has 3 atom stereocenters. The highest BCUT2D eigenvalue weighted by molar-refractivity contribution is 7.84. The Morgan fingerprint density at radius 2 is 2.17 bits per heavy atom. The van der Waals surface area contributed by atoms with E-state index < -0.39 is 11.0 Å². The molecular weight excluding hydrogens is 322 g/mol. The van der Waals surface area contributed by atoms with Gasteiger partial charge in [-0.2, -0.15) is 0 Å². The summed E-state index contributed by atoms with van der Waals surface area (Å²) in [6, 6.07) is 6.26. The molecule has 1 saturated heterocycles. The van der Waals surface area contributed by atoms with Crippen molar-refractivity contribution < 1.29 is 8.95 Å². The average Bonchev–Trinajstić information content (AvgIpc) is 2.97. The summed E-state index contributed by atoms with van der Waals surface area (Å²) in [4.78, 5) is 4.54. The number of ether oxygens (including phenoxy) is 1. The molecule has 0 spiro atoms. The summed E-state index contributed by atoms with van der Waals surface area (Å²) in [6.45, 7) is 8.77. The topological polar surface area (TPSA) is 56.2 Å². The van der Waals surface area contributed by atoms with Crippen molar-refractivity contribution in [2.45, 2.75) is 64.0 Å². The molecule has 2 heterocycles. The molecule has 2 aromatic rings. The molecule has 0 bridgehead atoms. The maximum absolute atomic E-state index is 12.3. The van der Waals surface area contributed by atoms with E-state index in [1.807, 2.05) is 34.0 Å². The molecule has 1 N–H and O–H groups in total. The summed E-state index contributed by atoms with van der Waals surface area (Å²) in [5.41, 5.74) is 3.14. The molecule has 1 aromatic heterocycles. The lowest BCUT2D eigenvalue weighted by atomic mass is 10.1. The first-order valence-electron chi connectivity index (χ1n) is 8.62. The van der Waals surface area contributed by atoms with Crippen LogP contribution >= 0.6 is 0 Å². The van der Waals surface area contributed by atoms with Gasteiger partial charge < -0.3 is 9.30 Å². The second kappa shape index (κ2) is 6.94. The predicted octanol–water partition coefficient (Wildman–Crippen LogP) is 3.85. The van der Waals surface area contributed by atoms with Crippen LogP contribution in [0.3, 0.4) is 0 Å². The van der Waals surface area contributed by atoms with E-state index in [1.54, 1.807) is 0 Å². The van der Waals surface area contributed by atoms with Crippen molar-refractivity contribution in [1.29, 1.82) is 0 Å². The standard InChI is InChI=1S/C18H27N3O2S/c1-13(20-24(22)18(2,3)4)14-8-9-16-15(11-14)19-12-21(16)17-7-5-6-10-23-17/h8-9,11-13,17,20H,5-7,10H2,1-4H3/t13-,17-,24?/m0/s1. The maximum Gasteiger partial charge on any atom is 0.135 e. The molecule has 0 amide bonds. The van der Waals surface area contributed by atoms with Gasteiger partial charge in [0, 0.05) is 12.6 Å². The highest BCUT2D eigenvalue weighted by Gasteiger charge is 2.22. The third kappa shape index (κ3) is 3.71. The zero-order valence-corrected chi connectivity index (χ0v) is 15.7. The van der Waals surface area contributed by atoms with Crippen molar-refractivity contribution >= 4 is 22.0 Å². The molecule has 1 aliphatic rings. The van der Waals surface area contributed by atoms with Crippen LogP contribution in [0.1, 0.15) is 64.8 Å². The minimum Gasteiger partial charge on any atom is -0.358 e. The van der Waals surface area contributed by atoms with E-state index in [9.17, 15) is 4.21 Å². The van der Waals surface area contributed by atoms with Crippen LogP contribution in [0.5, 0.6) is 0 Å². The van der Waals surface area contributed by atoms with Crippen LogP contribution in [-0.4, -0.2) is 25.1 Å². The lowest BCUT2D eigenvalue weighted by molar-refractivity contribution is -0.0295. The minimum absolute atomic E-state index is 0.00513. The third-order valence-electron chi connectivity index (χ3n) is 4.40. The van der Waals surface area contributed by atoms with Crippen LogP contribution in [0.25, 0.3) is 11.0 Å². The van der Waals surface area contributed by atoms with Gasteiger partial charge in [-0.3, -0.25) is 0 Å². The van der Waals surface area contributed by atoms with E-state index in [1.165, 1.54) is 6.42 Å². The summed E-state index contributed by atoms with van der Waals surface area (Å²) < 4.78 is 23.2. The molecule has 1 aliphatic heterocycles. The average molecular weight is 350 g/mol. The third-order valence-corrected chi connectivity index (χ3v) is 6.08. The number of hydrogen-bond donors (Lipinski definition) is 1. The van der Waals surface area contributed by atoms with Crippen molar-refractivity contribution in [1.82, 2.24) is 14.3 Å². The molecule has 1 unspecified atom stereocenters. The Morgan fingerprint density at radius 1 is 1.38 bits per heavy atom. The molecule has 3 rings (SSSR count). The summed E-state index contributed by atoms with van der Waals surface area (Å²) in [5.74, 6) is 0. The summed E-state index contributed by atoms with van der Waals surface area (Å²) >= 11 is 0. The van der Waals surface area contributed by atoms with Gasteiger partial charge in [0.15, 0.2) is 0 Å². The first-order valence-corrected chi connectivity index (χ1v) is 9.77. The van der Waals surface area contributed by atoms with E-state index in [-0.39, 0.29) is 17.0 Å². The number of nitrogens with one attached hydrogen (secondary N) is 1. The monoisotopic (exact) mass is 349 g/mol. The lowest BCUT2D eigenvalue weighted by Gasteiger charge is -2.24. The van der Waals surface area contributed by atoms with Crippen LogP contribution in [-0.2, 0) is 15.7 Å². The minimum atomic E-state index is -1.10. The van der Waals surface area contributed by atoms with Crippen molar-refractivity contribution in [3.8, 4) is 0 Å². The Bertz CT molecular complexity index is 729.